The number of ether oxygens (including phenoxy) is 1. The Bertz CT molecular complexity index is 652. The summed E-state index contributed by atoms with van der Waals surface area (Å²) >= 11 is 0. The molecule has 1 fully saturated rings. The predicted molar refractivity (Wildman–Crippen MR) is 89.4 cm³/mol. The predicted octanol–water partition coefficient (Wildman–Crippen LogP) is 2.11. The van der Waals surface area contributed by atoms with E-state index in [1.807, 2.05) is 29.4 Å². The molecule has 130 valence electrons. The van der Waals surface area contributed by atoms with Gasteiger partial charge in [-0.1, -0.05) is 6.92 Å². The second-order valence-corrected chi connectivity index (χ2v) is 6.27. The lowest BCUT2D eigenvalue weighted by Gasteiger charge is -2.32. The second-order valence-electron chi connectivity index (χ2n) is 6.27. The van der Waals surface area contributed by atoms with Gasteiger partial charge in [0.15, 0.2) is 5.82 Å². The summed E-state index contributed by atoms with van der Waals surface area (Å²) in [6.45, 7) is 5.82. The van der Waals surface area contributed by atoms with Crippen molar-refractivity contribution in [1.29, 1.82) is 0 Å². The van der Waals surface area contributed by atoms with Crippen LogP contribution in [0.2, 0.25) is 0 Å². The molecule has 3 heterocycles. The van der Waals surface area contributed by atoms with Gasteiger partial charge in [-0.25, -0.2) is 4.98 Å². The van der Waals surface area contributed by atoms with Crippen LogP contribution in [-0.2, 0) is 16.0 Å². The first-order chi connectivity index (χ1) is 11.7. The normalized spacial score (nSPS) is 19.4. The van der Waals surface area contributed by atoms with Crippen LogP contribution in [0, 0.1) is 0 Å². The van der Waals surface area contributed by atoms with Crippen LogP contribution >= 0.6 is 0 Å². The maximum Gasteiger partial charge on any atom is 0.224 e. The maximum absolute atomic E-state index is 12.6. The molecule has 7 nitrogen and oxygen atoms in total. The molecule has 2 atom stereocenters. The minimum atomic E-state index is -0.244. The van der Waals surface area contributed by atoms with Crippen LogP contribution in [0.1, 0.15) is 50.5 Å². The lowest BCUT2D eigenvalue weighted by molar-refractivity contribution is -0.140. The molecule has 2 aromatic heterocycles. The van der Waals surface area contributed by atoms with Gasteiger partial charge in [-0.15, -0.1) is 0 Å². The Hall–Kier alpha value is -2.15. The van der Waals surface area contributed by atoms with Crippen LogP contribution < -0.4 is 0 Å². The number of nitrogens with one attached hydrogen (secondary N) is 1. The molecule has 0 saturated carbocycles. The molecular weight excluding hydrogens is 306 g/mol. The van der Waals surface area contributed by atoms with Crippen molar-refractivity contribution in [2.45, 2.75) is 45.3 Å². The molecule has 0 bridgehead atoms. The van der Waals surface area contributed by atoms with E-state index in [-0.39, 0.29) is 18.1 Å². The average Bonchev–Trinajstić information content (AvgIpc) is 3.27. The molecule has 0 unspecified atom stereocenters. The van der Waals surface area contributed by atoms with Crippen LogP contribution in [0.3, 0.4) is 0 Å². The van der Waals surface area contributed by atoms with Crippen molar-refractivity contribution in [2.75, 3.05) is 19.7 Å². The van der Waals surface area contributed by atoms with E-state index in [9.17, 15) is 4.79 Å². The fourth-order valence-corrected chi connectivity index (χ4v) is 2.96. The van der Waals surface area contributed by atoms with Crippen LogP contribution in [0.15, 0.2) is 24.5 Å². The van der Waals surface area contributed by atoms with Gasteiger partial charge in [-0.05, 0) is 25.5 Å². The van der Waals surface area contributed by atoms with Gasteiger partial charge in [-0.3, -0.25) is 9.89 Å². The number of nitrogens with zero attached hydrogens (tertiary/aromatic N) is 4. The first-order valence-electron chi connectivity index (χ1n) is 8.60. The molecular formula is C17H25N5O2. The van der Waals surface area contributed by atoms with Gasteiger partial charge in [0.2, 0.25) is 5.91 Å². The standard InChI is InChI=1S/C17H25N5O2/c1-3-6-15-18-17(20-19-15)14-12-22(9-10-24-14)16(23)11-13(2)21-7-4-5-8-21/h4-5,7-8,13-14H,3,6,9-12H2,1-2H3,(H,18,19,20)/t13-,14-/m1/s1. The lowest BCUT2D eigenvalue weighted by Crippen LogP contribution is -2.43. The summed E-state index contributed by atoms with van der Waals surface area (Å²) in [5, 5.41) is 7.20. The minimum Gasteiger partial charge on any atom is -0.366 e. The summed E-state index contributed by atoms with van der Waals surface area (Å²) in [5.41, 5.74) is 0. The molecule has 7 heteroatoms. The Morgan fingerprint density at radius 2 is 2.25 bits per heavy atom. The van der Waals surface area contributed by atoms with Gasteiger partial charge >= 0.3 is 0 Å². The number of hydrogen-bond donors (Lipinski definition) is 1. The molecule has 24 heavy (non-hydrogen) atoms. The molecule has 2 aromatic rings. The van der Waals surface area contributed by atoms with Crippen molar-refractivity contribution in [3.8, 4) is 0 Å². The molecule has 1 aliphatic heterocycles. The van der Waals surface area contributed by atoms with Crippen molar-refractivity contribution in [3.05, 3.63) is 36.2 Å². The van der Waals surface area contributed by atoms with Crippen molar-refractivity contribution < 1.29 is 9.53 Å². The zero-order valence-corrected chi connectivity index (χ0v) is 14.3. The third-order valence-electron chi connectivity index (χ3n) is 4.35. The van der Waals surface area contributed by atoms with Gasteiger partial charge in [0, 0.05) is 37.8 Å². The van der Waals surface area contributed by atoms with Crippen LogP contribution in [0.5, 0.6) is 0 Å². The quantitative estimate of drug-likeness (QED) is 0.879. The van der Waals surface area contributed by atoms with E-state index < -0.39 is 0 Å². The summed E-state index contributed by atoms with van der Waals surface area (Å²) < 4.78 is 7.83. The summed E-state index contributed by atoms with van der Waals surface area (Å²) in [6.07, 6.45) is 6.10. The van der Waals surface area contributed by atoms with Crippen LogP contribution in [-0.4, -0.2) is 50.3 Å². The highest BCUT2D eigenvalue weighted by Crippen LogP contribution is 2.21. The molecule has 3 rings (SSSR count). The highest BCUT2D eigenvalue weighted by Gasteiger charge is 2.28. The topological polar surface area (TPSA) is 76.0 Å². The van der Waals surface area contributed by atoms with E-state index in [1.165, 1.54) is 0 Å². The number of aromatic nitrogens is 4. The van der Waals surface area contributed by atoms with E-state index >= 15 is 0 Å². The number of carbonyl (C=O) groups is 1. The second kappa shape index (κ2) is 7.61. The molecule has 0 radical (unpaired) electrons. The third kappa shape index (κ3) is 3.84. The number of H-pyrrole nitrogens is 1. The largest absolute Gasteiger partial charge is 0.366 e. The Labute approximate surface area is 142 Å². The molecule has 1 aliphatic rings. The molecule has 1 amide bonds. The molecule has 1 N–H and O–H groups in total. The SMILES string of the molecule is CCCc1nc([C@H]2CN(C(=O)C[C@@H](C)n3cccc3)CCO2)n[nH]1. The molecule has 0 spiro atoms. The summed E-state index contributed by atoms with van der Waals surface area (Å²) in [6, 6.07) is 4.10. The zero-order chi connectivity index (χ0) is 16.9. The summed E-state index contributed by atoms with van der Waals surface area (Å²) in [5.74, 6) is 1.67. The van der Waals surface area contributed by atoms with Crippen molar-refractivity contribution in [2.24, 2.45) is 0 Å². The number of hydrogen-bond acceptors (Lipinski definition) is 4. The van der Waals surface area contributed by atoms with E-state index in [1.54, 1.807) is 0 Å². The van der Waals surface area contributed by atoms with Gasteiger partial charge in [0.25, 0.3) is 0 Å². The fourth-order valence-electron chi connectivity index (χ4n) is 2.96. The van der Waals surface area contributed by atoms with E-state index in [0.29, 0.717) is 31.9 Å². The molecule has 0 aromatic carbocycles. The third-order valence-corrected chi connectivity index (χ3v) is 4.35. The van der Waals surface area contributed by atoms with Crippen LogP contribution in [0.4, 0.5) is 0 Å². The molecule has 1 saturated heterocycles. The Morgan fingerprint density at radius 3 is 3.00 bits per heavy atom. The monoisotopic (exact) mass is 331 g/mol. The summed E-state index contributed by atoms with van der Waals surface area (Å²) in [4.78, 5) is 18.9. The van der Waals surface area contributed by atoms with E-state index in [2.05, 4.69) is 33.6 Å². The van der Waals surface area contributed by atoms with Crippen molar-refractivity contribution >= 4 is 5.91 Å². The lowest BCUT2D eigenvalue weighted by atomic mass is 10.2. The molecule has 0 aliphatic carbocycles. The zero-order valence-electron chi connectivity index (χ0n) is 14.3. The highest BCUT2D eigenvalue weighted by molar-refractivity contribution is 5.76. The van der Waals surface area contributed by atoms with Gasteiger partial charge in [-0.2, -0.15) is 5.10 Å². The van der Waals surface area contributed by atoms with E-state index in [4.69, 9.17) is 4.74 Å². The van der Waals surface area contributed by atoms with Gasteiger partial charge in [0.1, 0.15) is 11.9 Å². The van der Waals surface area contributed by atoms with Crippen molar-refractivity contribution in [1.82, 2.24) is 24.6 Å². The Kier molecular flexibility index (Phi) is 5.30. The summed E-state index contributed by atoms with van der Waals surface area (Å²) in [7, 11) is 0. The average molecular weight is 331 g/mol. The fraction of sp³-hybridized carbons (Fsp3) is 0.588. The van der Waals surface area contributed by atoms with Crippen molar-refractivity contribution in [3.63, 3.8) is 0 Å². The smallest absolute Gasteiger partial charge is 0.224 e. The number of aromatic amines is 1. The van der Waals surface area contributed by atoms with Gasteiger partial charge in [0.05, 0.1) is 13.2 Å². The first-order valence-corrected chi connectivity index (χ1v) is 8.60. The first kappa shape index (κ1) is 16.7. The Morgan fingerprint density at radius 1 is 1.46 bits per heavy atom. The number of morpholine rings is 1. The number of carbonyl (C=O) groups excluding carboxylic acids is 1. The Balaban J connectivity index is 1.59. The number of aryl methyl sites for hydroxylation is 1. The van der Waals surface area contributed by atoms with Crippen LogP contribution in [0.25, 0.3) is 0 Å². The maximum atomic E-state index is 12.6. The number of amides is 1. The number of rotatable bonds is 6. The highest BCUT2D eigenvalue weighted by atomic mass is 16.5. The minimum absolute atomic E-state index is 0.147. The van der Waals surface area contributed by atoms with Gasteiger partial charge < -0.3 is 14.2 Å². The van der Waals surface area contributed by atoms with E-state index in [0.717, 1.165) is 18.7 Å².